The van der Waals surface area contributed by atoms with Gasteiger partial charge in [0.2, 0.25) is 0 Å². The lowest BCUT2D eigenvalue weighted by atomic mass is 9.97. The third-order valence-corrected chi connectivity index (χ3v) is 3.66. The zero-order valence-corrected chi connectivity index (χ0v) is 8.91. The van der Waals surface area contributed by atoms with Crippen molar-refractivity contribution in [1.29, 1.82) is 0 Å². The summed E-state index contributed by atoms with van der Waals surface area (Å²) in [4.78, 5) is 2.50. The average molecular weight is 198 g/mol. The molecular weight excluding hydrogens is 176 g/mol. The second-order valence-corrected chi connectivity index (χ2v) is 4.67. The largest absolute Gasteiger partial charge is 0.395 e. The number of nitrogens with one attached hydrogen (secondary N) is 1. The lowest BCUT2D eigenvalue weighted by molar-refractivity contribution is 0.133. The highest BCUT2D eigenvalue weighted by Crippen LogP contribution is 2.21. The summed E-state index contributed by atoms with van der Waals surface area (Å²) in [7, 11) is 0. The van der Waals surface area contributed by atoms with E-state index >= 15 is 0 Å². The van der Waals surface area contributed by atoms with E-state index in [1.54, 1.807) is 0 Å². The predicted molar refractivity (Wildman–Crippen MR) is 57.3 cm³/mol. The molecule has 82 valence electrons. The van der Waals surface area contributed by atoms with Crippen LogP contribution in [-0.4, -0.2) is 48.8 Å². The van der Waals surface area contributed by atoms with Crippen molar-refractivity contribution in [2.24, 2.45) is 5.92 Å². The molecule has 0 bridgehead atoms. The Morgan fingerprint density at radius 3 is 2.71 bits per heavy atom. The van der Waals surface area contributed by atoms with Crippen LogP contribution in [0.1, 0.15) is 25.7 Å². The molecule has 3 heteroatoms. The van der Waals surface area contributed by atoms with Crippen LogP contribution in [0.3, 0.4) is 0 Å². The van der Waals surface area contributed by atoms with Crippen molar-refractivity contribution in [2.45, 2.75) is 31.7 Å². The molecule has 1 atom stereocenters. The maximum absolute atomic E-state index is 9.21. The molecule has 0 aromatic carbocycles. The first kappa shape index (κ1) is 10.4. The lowest BCUT2D eigenvalue weighted by Crippen LogP contribution is -2.39. The molecule has 0 unspecified atom stereocenters. The van der Waals surface area contributed by atoms with E-state index in [4.69, 9.17) is 0 Å². The van der Waals surface area contributed by atoms with E-state index in [2.05, 4.69) is 10.2 Å². The highest BCUT2D eigenvalue weighted by Gasteiger charge is 2.26. The van der Waals surface area contributed by atoms with Gasteiger partial charge in [0.05, 0.1) is 6.61 Å². The van der Waals surface area contributed by atoms with Crippen LogP contribution in [0.2, 0.25) is 0 Å². The molecule has 0 spiro atoms. The van der Waals surface area contributed by atoms with Crippen molar-refractivity contribution in [1.82, 2.24) is 10.2 Å². The summed E-state index contributed by atoms with van der Waals surface area (Å²) >= 11 is 0. The first-order chi connectivity index (χ1) is 6.90. The Labute approximate surface area is 86.5 Å². The normalized spacial score (nSPS) is 31.1. The number of hydrogen-bond donors (Lipinski definition) is 2. The zero-order valence-electron chi connectivity index (χ0n) is 8.91. The molecule has 0 radical (unpaired) electrons. The highest BCUT2D eigenvalue weighted by molar-refractivity contribution is 4.81. The first-order valence-electron chi connectivity index (χ1n) is 5.96. The molecule has 0 aromatic rings. The quantitative estimate of drug-likeness (QED) is 0.691. The number of aliphatic hydroxyl groups is 1. The van der Waals surface area contributed by atoms with Crippen LogP contribution in [0, 0.1) is 5.92 Å². The minimum Gasteiger partial charge on any atom is -0.395 e. The Morgan fingerprint density at radius 1 is 1.21 bits per heavy atom. The summed E-state index contributed by atoms with van der Waals surface area (Å²) in [6.07, 6.45) is 5.10. The van der Waals surface area contributed by atoms with Gasteiger partial charge in [-0.05, 0) is 51.2 Å². The van der Waals surface area contributed by atoms with Crippen molar-refractivity contribution in [3.8, 4) is 0 Å². The van der Waals surface area contributed by atoms with E-state index in [0.717, 1.165) is 5.92 Å². The van der Waals surface area contributed by atoms with Crippen molar-refractivity contribution in [2.75, 3.05) is 32.8 Å². The van der Waals surface area contributed by atoms with Gasteiger partial charge in [0, 0.05) is 12.6 Å². The predicted octanol–water partition coefficient (Wildman–Crippen LogP) is 0.443. The average Bonchev–Trinajstić information content (AvgIpc) is 2.67. The van der Waals surface area contributed by atoms with E-state index in [1.165, 1.54) is 51.9 Å². The molecule has 2 aliphatic heterocycles. The molecule has 3 nitrogen and oxygen atoms in total. The maximum atomic E-state index is 9.21. The molecule has 0 saturated carbocycles. The van der Waals surface area contributed by atoms with Crippen molar-refractivity contribution < 1.29 is 5.11 Å². The summed E-state index contributed by atoms with van der Waals surface area (Å²) in [5.41, 5.74) is 0. The third-order valence-electron chi connectivity index (χ3n) is 3.66. The molecule has 0 aromatic heterocycles. The van der Waals surface area contributed by atoms with Crippen LogP contribution in [0.15, 0.2) is 0 Å². The fourth-order valence-corrected chi connectivity index (χ4v) is 2.74. The van der Waals surface area contributed by atoms with Crippen LogP contribution in [-0.2, 0) is 0 Å². The summed E-state index contributed by atoms with van der Waals surface area (Å²) in [6.45, 7) is 5.14. The SMILES string of the molecule is OC[C@@H]1CCCN1CC1CCNCC1. The summed E-state index contributed by atoms with van der Waals surface area (Å²) in [5.74, 6) is 0.864. The van der Waals surface area contributed by atoms with E-state index in [1.807, 2.05) is 0 Å². The van der Waals surface area contributed by atoms with Gasteiger partial charge in [-0.3, -0.25) is 4.90 Å². The number of piperidine rings is 1. The van der Waals surface area contributed by atoms with Gasteiger partial charge in [0.1, 0.15) is 0 Å². The Balaban J connectivity index is 1.77. The van der Waals surface area contributed by atoms with Crippen LogP contribution in [0.5, 0.6) is 0 Å². The van der Waals surface area contributed by atoms with Gasteiger partial charge in [-0.2, -0.15) is 0 Å². The minimum absolute atomic E-state index is 0.352. The molecule has 0 amide bonds. The molecular formula is C11H22N2O. The molecule has 2 fully saturated rings. The van der Waals surface area contributed by atoms with Crippen LogP contribution in [0.4, 0.5) is 0 Å². The van der Waals surface area contributed by atoms with Gasteiger partial charge >= 0.3 is 0 Å². The Hall–Kier alpha value is -0.120. The van der Waals surface area contributed by atoms with Gasteiger partial charge in [0.15, 0.2) is 0 Å². The summed E-state index contributed by atoms with van der Waals surface area (Å²) in [6, 6.07) is 0.463. The summed E-state index contributed by atoms with van der Waals surface area (Å²) < 4.78 is 0. The standard InChI is InChI=1S/C11H22N2O/c14-9-11-2-1-7-13(11)8-10-3-5-12-6-4-10/h10-12,14H,1-9H2/t11-/m0/s1. The number of nitrogens with zero attached hydrogens (tertiary/aromatic N) is 1. The van der Waals surface area contributed by atoms with E-state index in [9.17, 15) is 5.11 Å². The number of aliphatic hydroxyl groups excluding tert-OH is 1. The van der Waals surface area contributed by atoms with E-state index < -0.39 is 0 Å². The van der Waals surface area contributed by atoms with Crippen LogP contribution < -0.4 is 5.32 Å². The number of rotatable bonds is 3. The van der Waals surface area contributed by atoms with Crippen molar-refractivity contribution in [3.63, 3.8) is 0 Å². The van der Waals surface area contributed by atoms with Gasteiger partial charge in [-0.1, -0.05) is 0 Å². The van der Waals surface area contributed by atoms with Crippen LogP contribution in [0.25, 0.3) is 0 Å². The molecule has 2 aliphatic rings. The lowest BCUT2D eigenvalue weighted by Gasteiger charge is -2.30. The molecule has 2 heterocycles. The second-order valence-electron chi connectivity index (χ2n) is 4.67. The van der Waals surface area contributed by atoms with Gasteiger partial charge in [-0.15, -0.1) is 0 Å². The number of hydrogen-bond acceptors (Lipinski definition) is 3. The Bertz CT molecular complexity index is 169. The molecule has 14 heavy (non-hydrogen) atoms. The topological polar surface area (TPSA) is 35.5 Å². The smallest absolute Gasteiger partial charge is 0.0586 e. The Kier molecular flexibility index (Phi) is 3.79. The number of likely N-dealkylation sites (tertiary alicyclic amines) is 1. The fraction of sp³-hybridized carbons (Fsp3) is 1.00. The molecule has 2 saturated heterocycles. The van der Waals surface area contributed by atoms with Crippen molar-refractivity contribution in [3.05, 3.63) is 0 Å². The van der Waals surface area contributed by atoms with Crippen molar-refractivity contribution >= 4 is 0 Å². The third kappa shape index (κ3) is 2.47. The maximum Gasteiger partial charge on any atom is 0.0586 e. The van der Waals surface area contributed by atoms with Gasteiger partial charge in [-0.25, -0.2) is 0 Å². The molecule has 0 aliphatic carbocycles. The second kappa shape index (κ2) is 5.10. The molecule has 2 N–H and O–H groups in total. The van der Waals surface area contributed by atoms with E-state index in [-0.39, 0.29) is 0 Å². The zero-order chi connectivity index (χ0) is 9.80. The van der Waals surface area contributed by atoms with Gasteiger partial charge in [0.25, 0.3) is 0 Å². The molecule has 2 rings (SSSR count). The van der Waals surface area contributed by atoms with Crippen LogP contribution >= 0.6 is 0 Å². The summed E-state index contributed by atoms with van der Waals surface area (Å²) in [5, 5.41) is 12.6. The fourth-order valence-electron chi connectivity index (χ4n) is 2.74. The minimum atomic E-state index is 0.352. The first-order valence-corrected chi connectivity index (χ1v) is 5.96. The Morgan fingerprint density at radius 2 is 2.00 bits per heavy atom. The highest BCUT2D eigenvalue weighted by atomic mass is 16.3. The monoisotopic (exact) mass is 198 g/mol. The van der Waals surface area contributed by atoms with Gasteiger partial charge < -0.3 is 10.4 Å². The van der Waals surface area contributed by atoms with E-state index in [0.29, 0.717) is 12.6 Å².